The maximum Gasteiger partial charge on any atom is 0.251 e. The molecule has 1 aliphatic rings. The summed E-state index contributed by atoms with van der Waals surface area (Å²) in [7, 11) is 0. The maximum absolute atomic E-state index is 12.5. The van der Waals surface area contributed by atoms with Crippen molar-refractivity contribution >= 4 is 17.7 Å². The lowest BCUT2D eigenvalue weighted by molar-refractivity contribution is 0.0935. The SMILES string of the molecule is CC(C)COc1ccc(C(=O)NC2CCSc3ccccc32)cc1. The lowest BCUT2D eigenvalue weighted by Crippen LogP contribution is -2.30. The average molecular weight is 341 g/mol. The lowest BCUT2D eigenvalue weighted by atomic mass is 10.0. The van der Waals surface area contributed by atoms with Gasteiger partial charge < -0.3 is 10.1 Å². The zero-order valence-electron chi connectivity index (χ0n) is 14.1. The smallest absolute Gasteiger partial charge is 0.251 e. The average Bonchev–Trinajstić information content (AvgIpc) is 2.60. The van der Waals surface area contributed by atoms with Gasteiger partial charge in [-0.1, -0.05) is 32.0 Å². The number of carbonyl (C=O) groups is 1. The number of nitrogens with one attached hydrogen (secondary N) is 1. The van der Waals surface area contributed by atoms with Crippen molar-refractivity contribution in [3.05, 3.63) is 59.7 Å². The second-order valence-corrected chi connectivity index (χ2v) is 7.57. The molecule has 3 rings (SSSR count). The summed E-state index contributed by atoms with van der Waals surface area (Å²) in [5, 5.41) is 3.17. The Hall–Kier alpha value is -1.94. The summed E-state index contributed by atoms with van der Waals surface area (Å²) in [4.78, 5) is 13.8. The molecule has 0 aromatic heterocycles. The van der Waals surface area contributed by atoms with Crippen LogP contribution in [0.3, 0.4) is 0 Å². The van der Waals surface area contributed by atoms with Gasteiger partial charge in [-0.05, 0) is 48.2 Å². The van der Waals surface area contributed by atoms with Gasteiger partial charge in [-0.15, -0.1) is 11.8 Å². The van der Waals surface area contributed by atoms with Crippen LogP contribution in [0.4, 0.5) is 0 Å². The zero-order chi connectivity index (χ0) is 16.9. The Morgan fingerprint density at radius 3 is 2.71 bits per heavy atom. The van der Waals surface area contributed by atoms with Crippen molar-refractivity contribution in [1.29, 1.82) is 0 Å². The first-order chi connectivity index (χ1) is 11.6. The van der Waals surface area contributed by atoms with Crippen molar-refractivity contribution in [2.45, 2.75) is 31.2 Å². The molecule has 4 heteroatoms. The van der Waals surface area contributed by atoms with Crippen LogP contribution in [0, 0.1) is 5.92 Å². The molecule has 126 valence electrons. The fourth-order valence-corrected chi connectivity index (χ4v) is 3.82. The third-order valence-electron chi connectivity index (χ3n) is 3.96. The van der Waals surface area contributed by atoms with E-state index in [0.29, 0.717) is 18.1 Å². The molecular weight excluding hydrogens is 318 g/mol. The number of fused-ring (bicyclic) bond motifs is 1. The minimum Gasteiger partial charge on any atom is -0.493 e. The third-order valence-corrected chi connectivity index (χ3v) is 5.09. The fourth-order valence-electron chi connectivity index (χ4n) is 2.70. The molecule has 1 atom stereocenters. The second kappa shape index (κ2) is 7.75. The van der Waals surface area contributed by atoms with Gasteiger partial charge in [0.2, 0.25) is 0 Å². The number of thioether (sulfide) groups is 1. The van der Waals surface area contributed by atoms with Crippen LogP contribution >= 0.6 is 11.8 Å². The van der Waals surface area contributed by atoms with Crippen LogP contribution in [0.5, 0.6) is 5.75 Å². The first-order valence-electron chi connectivity index (χ1n) is 8.39. The topological polar surface area (TPSA) is 38.3 Å². The van der Waals surface area contributed by atoms with E-state index in [9.17, 15) is 4.79 Å². The monoisotopic (exact) mass is 341 g/mol. The Labute approximate surface area is 147 Å². The Balaban J connectivity index is 1.65. The first kappa shape index (κ1) is 16.9. The number of carbonyl (C=O) groups excluding carboxylic acids is 1. The van der Waals surface area contributed by atoms with Crippen molar-refractivity contribution in [2.75, 3.05) is 12.4 Å². The van der Waals surface area contributed by atoms with E-state index in [2.05, 4.69) is 31.3 Å². The van der Waals surface area contributed by atoms with Gasteiger partial charge in [0.15, 0.2) is 0 Å². The van der Waals surface area contributed by atoms with Gasteiger partial charge in [-0.25, -0.2) is 0 Å². The summed E-state index contributed by atoms with van der Waals surface area (Å²) in [5.74, 6) is 2.29. The number of hydrogen-bond donors (Lipinski definition) is 1. The van der Waals surface area contributed by atoms with Crippen LogP contribution in [0.25, 0.3) is 0 Å². The Bertz CT molecular complexity index is 697. The fraction of sp³-hybridized carbons (Fsp3) is 0.350. The van der Waals surface area contributed by atoms with Gasteiger partial charge in [0.05, 0.1) is 12.6 Å². The van der Waals surface area contributed by atoms with E-state index in [4.69, 9.17) is 4.74 Å². The number of ether oxygens (including phenoxy) is 1. The molecule has 0 saturated heterocycles. The molecule has 2 aromatic rings. The van der Waals surface area contributed by atoms with E-state index in [1.165, 1.54) is 10.5 Å². The lowest BCUT2D eigenvalue weighted by Gasteiger charge is -2.25. The van der Waals surface area contributed by atoms with E-state index in [1.807, 2.05) is 48.2 Å². The molecule has 3 nitrogen and oxygen atoms in total. The van der Waals surface area contributed by atoms with Crippen molar-refractivity contribution in [3.63, 3.8) is 0 Å². The van der Waals surface area contributed by atoms with Gasteiger partial charge in [0.1, 0.15) is 5.75 Å². The highest BCUT2D eigenvalue weighted by atomic mass is 32.2. The highest BCUT2D eigenvalue weighted by molar-refractivity contribution is 7.99. The molecular formula is C20H23NO2S. The van der Waals surface area contributed by atoms with Crippen LogP contribution in [-0.4, -0.2) is 18.3 Å². The second-order valence-electron chi connectivity index (χ2n) is 6.43. The molecule has 0 radical (unpaired) electrons. The molecule has 0 fully saturated rings. The summed E-state index contributed by atoms with van der Waals surface area (Å²) in [6.07, 6.45) is 0.961. The van der Waals surface area contributed by atoms with E-state index in [1.54, 1.807) is 0 Å². The summed E-state index contributed by atoms with van der Waals surface area (Å²) in [5.41, 5.74) is 1.89. The van der Waals surface area contributed by atoms with Crippen molar-refractivity contribution in [2.24, 2.45) is 5.92 Å². The molecule has 0 bridgehead atoms. The van der Waals surface area contributed by atoms with Crippen LogP contribution in [0.2, 0.25) is 0 Å². The van der Waals surface area contributed by atoms with E-state index >= 15 is 0 Å². The molecule has 1 N–H and O–H groups in total. The summed E-state index contributed by atoms with van der Waals surface area (Å²) < 4.78 is 5.66. The molecule has 1 unspecified atom stereocenters. The molecule has 0 spiro atoms. The summed E-state index contributed by atoms with van der Waals surface area (Å²) in [6, 6.07) is 15.8. The van der Waals surface area contributed by atoms with Gasteiger partial charge in [0, 0.05) is 16.2 Å². The van der Waals surface area contributed by atoms with Gasteiger partial charge in [-0.3, -0.25) is 4.79 Å². The normalized spacial score (nSPS) is 16.5. The molecule has 2 aromatic carbocycles. The Morgan fingerprint density at radius 1 is 1.21 bits per heavy atom. The van der Waals surface area contributed by atoms with Crippen LogP contribution in [-0.2, 0) is 0 Å². The molecule has 0 saturated carbocycles. The summed E-state index contributed by atoms with van der Waals surface area (Å²) >= 11 is 1.86. The standard InChI is InChI=1S/C20H23NO2S/c1-14(2)13-23-16-9-7-15(8-10-16)20(22)21-18-11-12-24-19-6-4-3-5-17(18)19/h3-10,14,18H,11-13H2,1-2H3,(H,21,22). The Kier molecular flexibility index (Phi) is 5.46. The first-order valence-corrected chi connectivity index (χ1v) is 9.37. The van der Waals surface area contributed by atoms with E-state index < -0.39 is 0 Å². The van der Waals surface area contributed by atoms with Gasteiger partial charge >= 0.3 is 0 Å². The predicted molar refractivity (Wildman–Crippen MR) is 98.8 cm³/mol. The maximum atomic E-state index is 12.5. The van der Waals surface area contributed by atoms with Crippen LogP contribution < -0.4 is 10.1 Å². The molecule has 1 amide bonds. The number of amides is 1. The summed E-state index contributed by atoms with van der Waals surface area (Å²) in [6.45, 7) is 4.91. The highest BCUT2D eigenvalue weighted by Gasteiger charge is 2.22. The van der Waals surface area contributed by atoms with Gasteiger partial charge in [0.25, 0.3) is 5.91 Å². The predicted octanol–water partition coefficient (Wildman–Crippen LogP) is 4.69. The van der Waals surface area contributed by atoms with Gasteiger partial charge in [-0.2, -0.15) is 0 Å². The molecule has 24 heavy (non-hydrogen) atoms. The molecule has 1 aliphatic heterocycles. The van der Waals surface area contributed by atoms with E-state index in [-0.39, 0.29) is 11.9 Å². The largest absolute Gasteiger partial charge is 0.493 e. The zero-order valence-corrected chi connectivity index (χ0v) is 14.9. The van der Waals surface area contributed by atoms with Crippen LogP contribution in [0.1, 0.15) is 42.2 Å². The third kappa shape index (κ3) is 4.12. The van der Waals surface area contributed by atoms with Crippen molar-refractivity contribution < 1.29 is 9.53 Å². The minimum atomic E-state index is -0.0305. The quantitative estimate of drug-likeness (QED) is 0.857. The Morgan fingerprint density at radius 2 is 1.96 bits per heavy atom. The number of benzene rings is 2. The van der Waals surface area contributed by atoms with E-state index in [0.717, 1.165) is 17.9 Å². The van der Waals surface area contributed by atoms with Crippen molar-refractivity contribution in [1.82, 2.24) is 5.32 Å². The minimum absolute atomic E-state index is 0.0305. The molecule has 1 heterocycles. The highest BCUT2D eigenvalue weighted by Crippen LogP contribution is 2.35. The number of rotatable bonds is 5. The molecule has 0 aliphatic carbocycles. The van der Waals surface area contributed by atoms with Crippen LogP contribution in [0.15, 0.2) is 53.4 Å². The van der Waals surface area contributed by atoms with Crippen molar-refractivity contribution in [3.8, 4) is 5.75 Å². The number of hydrogen-bond acceptors (Lipinski definition) is 3.